The van der Waals surface area contributed by atoms with E-state index >= 15 is 0 Å². The summed E-state index contributed by atoms with van der Waals surface area (Å²) in [7, 11) is 6.62. The van der Waals surface area contributed by atoms with E-state index in [4.69, 9.17) is 0 Å². The number of piperidine rings is 1. The summed E-state index contributed by atoms with van der Waals surface area (Å²) < 4.78 is 1.38. The average molecular weight is 204 g/mol. The van der Waals surface area contributed by atoms with Crippen molar-refractivity contribution >= 4 is 21.6 Å². The maximum atomic E-state index is 2.47. The van der Waals surface area contributed by atoms with Crippen LogP contribution in [0.1, 0.15) is 19.3 Å². The number of quaternary nitrogens is 1. The lowest BCUT2D eigenvalue weighted by Gasteiger charge is -2.42. The summed E-state index contributed by atoms with van der Waals surface area (Å²) in [4.78, 5) is 0. The lowest BCUT2D eigenvalue weighted by atomic mass is 10.1. The maximum Gasteiger partial charge on any atom is 0.109 e. The topological polar surface area (TPSA) is 0 Å². The first-order chi connectivity index (χ1) is 5.81. The van der Waals surface area contributed by atoms with E-state index in [0.717, 1.165) is 6.04 Å². The van der Waals surface area contributed by atoms with Crippen molar-refractivity contribution < 1.29 is 4.48 Å². The quantitative estimate of drug-likeness (QED) is 0.475. The van der Waals surface area contributed by atoms with Gasteiger partial charge in [-0.2, -0.15) is 0 Å². The highest BCUT2D eigenvalue weighted by molar-refractivity contribution is 8.77. The molecule has 0 atom stereocenters. The van der Waals surface area contributed by atoms with Gasteiger partial charge in [-0.05, 0) is 19.3 Å². The van der Waals surface area contributed by atoms with Gasteiger partial charge in [-0.1, -0.05) is 21.6 Å². The molecule has 0 spiro atoms. The van der Waals surface area contributed by atoms with Crippen LogP contribution in [-0.4, -0.2) is 42.2 Å². The SMILES string of the molecule is C[N+]1(C2CSSC2)CCCCC1. The first-order valence-electron chi connectivity index (χ1n) is 4.90. The molecule has 0 aromatic carbocycles. The number of hydrogen-bond donors (Lipinski definition) is 0. The van der Waals surface area contributed by atoms with E-state index in [2.05, 4.69) is 28.6 Å². The van der Waals surface area contributed by atoms with Crippen LogP contribution in [0.5, 0.6) is 0 Å². The maximum absolute atomic E-state index is 2.47. The highest BCUT2D eigenvalue weighted by atomic mass is 33.1. The largest absolute Gasteiger partial charge is 0.322 e. The Hall–Kier alpha value is 0.660. The predicted molar refractivity (Wildman–Crippen MR) is 58.5 cm³/mol. The molecule has 0 aliphatic carbocycles. The van der Waals surface area contributed by atoms with Gasteiger partial charge < -0.3 is 4.48 Å². The van der Waals surface area contributed by atoms with Crippen LogP contribution in [0.4, 0.5) is 0 Å². The van der Waals surface area contributed by atoms with Gasteiger partial charge in [0.1, 0.15) is 6.04 Å². The molecular formula is C9H18NS2+. The van der Waals surface area contributed by atoms with E-state index in [1.165, 1.54) is 48.3 Å². The second-order valence-electron chi connectivity index (χ2n) is 4.21. The first kappa shape index (κ1) is 9.22. The number of nitrogens with zero attached hydrogens (tertiary/aromatic N) is 1. The third-order valence-electron chi connectivity index (χ3n) is 3.32. The molecule has 0 bridgehead atoms. The minimum atomic E-state index is 0.959. The van der Waals surface area contributed by atoms with Crippen molar-refractivity contribution in [2.75, 3.05) is 31.6 Å². The second kappa shape index (κ2) is 3.81. The summed E-state index contributed by atoms with van der Waals surface area (Å²) >= 11 is 0. The summed E-state index contributed by atoms with van der Waals surface area (Å²) in [6, 6.07) is 0.959. The van der Waals surface area contributed by atoms with Gasteiger partial charge in [0, 0.05) is 0 Å². The molecule has 2 rings (SSSR count). The van der Waals surface area contributed by atoms with Gasteiger partial charge in [0.2, 0.25) is 0 Å². The third-order valence-corrected chi connectivity index (χ3v) is 5.85. The van der Waals surface area contributed by atoms with Gasteiger partial charge in [0.25, 0.3) is 0 Å². The van der Waals surface area contributed by atoms with Crippen LogP contribution in [-0.2, 0) is 0 Å². The van der Waals surface area contributed by atoms with Crippen LogP contribution in [0.25, 0.3) is 0 Å². The van der Waals surface area contributed by atoms with Crippen molar-refractivity contribution in [3.8, 4) is 0 Å². The molecule has 2 heterocycles. The van der Waals surface area contributed by atoms with Crippen LogP contribution < -0.4 is 0 Å². The molecule has 1 nitrogen and oxygen atoms in total. The minimum absolute atomic E-state index is 0.959. The summed E-state index contributed by atoms with van der Waals surface area (Å²) in [5, 5.41) is 0. The molecule has 0 saturated carbocycles. The predicted octanol–water partition coefficient (Wildman–Crippen LogP) is 2.38. The fourth-order valence-electron chi connectivity index (χ4n) is 2.26. The van der Waals surface area contributed by atoms with Crippen molar-refractivity contribution in [3.05, 3.63) is 0 Å². The third kappa shape index (κ3) is 1.78. The molecule has 3 heteroatoms. The Labute approximate surface area is 83.3 Å². The molecule has 0 N–H and O–H groups in total. The fraction of sp³-hybridized carbons (Fsp3) is 1.00. The Kier molecular flexibility index (Phi) is 2.93. The number of rotatable bonds is 1. The highest BCUT2D eigenvalue weighted by Gasteiger charge is 2.36. The normalized spacial score (nSPS) is 30.8. The summed E-state index contributed by atoms with van der Waals surface area (Å²) in [6.45, 7) is 2.87. The van der Waals surface area contributed by atoms with E-state index in [-0.39, 0.29) is 0 Å². The zero-order chi connectivity index (χ0) is 8.44. The monoisotopic (exact) mass is 204 g/mol. The van der Waals surface area contributed by atoms with Crippen molar-refractivity contribution in [1.82, 2.24) is 0 Å². The fourth-order valence-corrected chi connectivity index (χ4v) is 5.39. The van der Waals surface area contributed by atoms with Crippen LogP contribution in [0, 0.1) is 0 Å². The standard InChI is InChI=1S/C9H18NS2/c1-10(5-3-2-4-6-10)9-7-11-12-8-9/h9H,2-8H2,1H3/q+1. The van der Waals surface area contributed by atoms with E-state index in [1.807, 2.05) is 0 Å². The Balaban J connectivity index is 1.97. The van der Waals surface area contributed by atoms with Crippen LogP contribution in [0.3, 0.4) is 0 Å². The molecule has 2 aliphatic heterocycles. The van der Waals surface area contributed by atoms with Crippen LogP contribution >= 0.6 is 21.6 Å². The molecule has 2 aliphatic rings. The molecule has 0 aromatic heterocycles. The summed E-state index contributed by atoms with van der Waals surface area (Å²) in [6.07, 6.45) is 4.39. The Morgan fingerprint density at radius 3 is 2.17 bits per heavy atom. The van der Waals surface area contributed by atoms with Gasteiger partial charge >= 0.3 is 0 Å². The van der Waals surface area contributed by atoms with E-state index < -0.39 is 0 Å². The van der Waals surface area contributed by atoms with Gasteiger partial charge in [-0.25, -0.2) is 0 Å². The van der Waals surface area contributed by atoms with E-state index in [9.17, 15) is 0 Å². The average Bonchev–Trinajstić information content (AvgIpc) is 2.58. The van der Waals surface area contributed by atoms with Crippen LogP contribution in [0.15, 0.2) is 0 Å². The first-order valence-corrected chi connectivity index (χ1v) is 7.39. The second-order valence-corrected chi connectivity index (χ2v) is 6.76. The van der Waals surface area contributed by atoms with Crippen molar-refractivity contribution in [1.29, 1.82) is 0 Å². The van der Waals surface area contributed by atoms with E-state index in [0.29, 0.717) is 0 Å². The van der Waals surface area contributed by atoms with Crippen molar-refractivity contribution in [2.45, 2.75) is 25.3 Å². The number of likely N-dealkylation sites (tertiary alicyclic amines) is 1. The van der Waals surface area contributed by atoms with Gasteiger partial charge in [0.15, 0.2) is 0 Å². The smallest absolute Gasteiger partial charge is 0.109 e. The number of hydrogen-bond acceptors (Lipinski definition) is 2. The Morgan fingerprint density at radius 2 is 1.58 bits per heavy atom. The molecule has 0 amide bonds. The lowest BCUT2D eigenvalue weighted by Crippen LogP contribution is -2.56. The zero-order valence-corrected chi connectivity index (χ0v) is 9.42. The van der Waals surface area contributed by atoms with Gasteiger partial charge in [-0.15, -0.1) is 0 Å². The minimum Gasteiger partial charge on any atom is -0.322 e. The summed E-state index contributed by atoms with van der Waals surface area (Å²) in [5.41, 5.74) is 0. The van der Waals surface area contributed by atoms with Crippen LogP contribution in [0.2, 0.25) is 0 Å². The molecule has 0 unspecified atom stereocenters. The Morgan fingerprint density at radius 1 is 1.00 bits per heavy atom. The molecule has 12 heavy (non-hydrogen) atoms. The summed E-state index contributed by atoms with van der Waals surface area (Å²) in [5.74, 6) is 2.78. The van der Waals surface area contributed by atoms with Gasteiger partial charge in [0.05, 0.1) is 31.6 Å². The van der Waals surface area contributed by atoms with E-state index in [1.54, 1.807) is 0 Å². The molecule has 2 saturated heterocycles. The molecule has 70 valence electrons. The van der Waals surface area contributed by atoms with Gasteiger partial charge in [-0.3, -0.25) is 0 Å². The molecular weight excluding hydrogens is 186 g/mol. The highest BCUT2D eigenvalue weighted by Crippen LogP contribution is 2.37. The Bertz CT molecular complexity index is 149. The molecule has 0 aromatic rings. The van der Waals surface area contributed by atoms with Crippen molar-refractivity contribution in [3.63, 3.8) is 0 Å². The lowest BCUT2D eigenvalue weighted by molar-refractivity contribution is -0.932. The molecule has 0 radical (unpaired) electrons. The van der Waals surface area contributed by atoms with Crippen molar-refractivity contribution in [2.24, 2.45) is 0 Å². The zero-order valence-electron chi connectivity index (χ0n) is 7.79. The molecule has 2 fully saturated rings.